The molecule has 76 valence electrons. The highest BCUT2D eigenvalue weighted by molar-refractivity contribution is 5.75. The normalized spacial score (nSPS) is 27.8. The molecule has 2 amide bonds. The number of urea groups is 1. The number of hydrogen-bond acceptors (Lipinski definition) is 1. The monoisotopic (exact) mass is 184 g/mol. The van der Waals surface area contributed by atoms with Crippen LogP contribution in [0.4, 0.5) is 4.79 Å². The third-order valence-corrected chi connectivity index (χ3v) is 2.97. The summed E-state index contributed by atoms with van der Waals surface area (Å²) in [4.78, 5) is 15.6. The Balaban J connectivity index is 2.64. The molecule has 1 fully saturated rings. The zero-order chi connectivity index (χ0) is 10.0. The molecule has 13 heavy (non-hydrogen) atoms. The van der Waals surface area contributed by atoms with Crippen LogP contribution < -0.4 is 0 Å². The zero-order valence-electron chi connectivity index (χ0n) is 9.08. The summed E-state index contributed by atoms with van der Waals surface area (Å²) >= 11 is 0. The number of likely N-dealkylation sites (tertiary alicyclic amines) is 1. The SMILES string of the molecule is CCN(C)C(=O)N1C(C)CCC1C. The van der Waals surface area contributed by atoms with E-state index in [1.165, 1.54) is 0 Å². The van der Waals surface area contributed by atoms with Gasteiger partial charge in [-0.15, -0.1) is 0 Å². The molecule has 0 aliphatic carbocycles. The van der Waals surface area contributed by atoms with E-state index in [0.717, 1.165) is 19.4 Å². The van der Waals surface area contributed by atoms with Gasteiger partial charge in [-0.2, -0.15) is 0 Å². The molecule has 1 saturated heterocycles. The number of hydrogen-bond donors (Lipinski definition) is 0. The summed E-state index contributed by atoms with van der Waals surface area (Å²) in [6.07, 6.45) is 2.29. The van der Waals surface area contributed by atoms with Crippen LogP contribution in [0.1, 0.15) is 33.6 Å². The molecule has 0 aromatic carbocycles. The van der Waals surface area contributed by atoms with Crippen LogP contribution in [0.15, 0.2) is 0 Å². The number of amides is 2. The maximum atomic E-state index is 11.8. The van der Waals surface area contributed by atoms with E-state index in [-0.39, 0.29) is 6.03 Å². The Morgan fingerprint density at radius 3 is 2.23 bits per heavy atom. The molecule has 3 heteroatoms. The number of carbonyl (C=O) groups excluding carboxylic acids is 1. The van der Waals surface area contributed by atoms with Gasteiger partial charge in [0.05, 0.1) is 0 Å². The number of rotatable bonds is 1. The van der Waals surface area contributed by atoms with Crippen molar-refractivity contribution in [1.29, 1.82) is 0 Å². The molecule has 2 atom stereocenters. The minimum absolute atomic E-state index is 0.181. The summed E-state index contributed by atoms with van der Waals surface area (Å²) in [6, 6.07) is 1.01. The molecule has 0 saturated carbocycles. The van der Waals surface area contributed by atoms with Crippen LogP contribution in [0, 0.1) is 0 Å². The zero-order valence-corrected chi connectivity index (χ0v) is 9.08. The molecule has 1 aliphatic rings. The summed E-state index contributed by atoms with van der Waals surface area (Å²) in [6.45, 7) is 7.05. The van der Waals surface area contributed by atoms with Gasteiger partial charge >= 0.3 is 6.03 Å². The minimum Gasteiger partial charge on any atom is -0.328 e. The van der Waals surface area contributed by atoms with Crippen molar-refractivity contribution in [1.82, 2.24) is 9.80 Å². The lowest BCUT2D eigenvalue weighted by atomic mass is 10.2. The van der Waals surface area contributed by atoms with Gasteiger partial charge in [0, 0.05) is 25.7 Å². The second kappa shape index (κ2) is 3.99. The maximum absolute atomic E-state index is 11.8. The summed E-state index contributed by atoms with van der Waals surface area (Å²) in [5.41, 5.74) is 0. The molecule has 3 nitrogen and oxygen atoms in total. The van der Waals surface area contributed by atoms with Gasteiger partial charge in [-0.3, -0.25) is 0 Å². The molecule has 0 N–H and O–H groups in total. The van der Waals surface area contributed by atoms with Crippen LogP contribution in [0.2, 0.25) is 0 Å². The standard InChI is InChI=1S/C10H20N2O/c1-5-11(4)10(13)12-8(2)6-7-9(12)3/h8-9H,5-7H2,1-4H3. The summed E-state index contributed by atoms with van der Waals surface area (Å²) in [5.74, 6) is 0. The molecular weight excluding hydrogens is 164 g/mol. The predicted octanol–water partition coefficient (Wildman–Crippen LogP) is 1.93. The predicted molar refractivity (Wildman–Crippen MR) is 53.7 cm³/mol. The first kappa shape index (κ1) is 10.4. The lowest BCUT2D eigenvalue weighted by molar-refractivity contribution is 0.148. The number of nitrogens with zero attached hydrogens (tertiary/aromatic N) is 2. The lowest BCUT2D eigenvalue weighted by Crippen LogP contribution is -2.45. The van der Waals surface area contributed by atoms with Crippen LogP contribution >= 0.6 is 0 Å². The largest absolute Gasteiger partial charge is 0.328 e. The van der Waals surface area contributed by atoms with Crippen molar-refractivity contribution in [2.45, 2.75) is 45.7 Å². The summed E-state index contributed by atoms with van der Waals surface area (Å²) in [7, 11) is 1.86. The highest BCUT2D eigenvalue weighted by Crippen LogP contribution is 2.24. The van der Waals surface area contributed by atoms with Crippen molar-refractivity contribution >= 4 is 6.03 Å². The van der Waals surface area contributed by atoms with Gasteiger partial charge in [-0.05, 0) is 33.6 Å². The van der Waals surface area contributed by atoms with Gasteiger partial charge in [0.15, 0.2) is 0 Å². The molecule has 1 aliphatic heterocycles. The van der Waals surface area contributed by atoms with E-state index >= 15 is 0 Å². The molecule has 0 aromatic rings. The van der Waals surface area contributed by atoms with Crippen molar-refractivity contribution in [3.63, 3.8) is 0 Å². The van der Waals surface area contributed by atoms with E-state index in [1.54, 1.807) is 4.90 Å². The van der Waals surface area contributed by atoms with E-state index in [9.17, 15) is 4.79 Å². The van der Waals surface area contributed by atoms with Crippen LogP contribution in [0.3, 0.4) is 0 Å². The second-order valence-corrected chi connectivity index (χ2v) is 3.98. The third kappa shape index (κ3) is 1.95. The molecule has 1 rings (SSSR count). The van der Waals surface area contributed by atoms with Gasteiger partial charge in [0.2, 0.25) is 0 Å². The molecule has 0 aromatic heterocycles. The van der Waals surface area contributed by atoms with Crippen LogP contribution in [0.25, 0.3) is 0 Å². The lowest BCUT2D eigenvalue weighted by Gasteiger charge is -2.30. The maximum Gasteiger partial charge on any atom is 0.320 e. The molecule has 2 unspecified atom stereocenters. The topological polar surface area (TPSA) is 23.6 Å². The van der Waals surface area contributed by atoms with Crippen molar-refractivity contribution in [2.75, 3.05) is 13.6 Å². The Kier molecular flexibility index (Phi) is 3.17. The highest BCUT2D eigenvalue weighted by Gasteiger charge is 2.32. The Labute approximate surface area is 80.7 Å². The van der Waals surface area contributed by atoms with Gasteiger partial charge in [-0.1, -0.05) is 0 Å². The fourth-order valence-corrected chi connectivity index (χ4v) is 1.90. The first-order chi connectivity index (χ1) is 6.07. The van der Waals surface area contributed by atoms with Gasteiger partial charge < -0.3 is 9.80 Å². The fraction of sp³-hybridized carbons (Fsp3) is 0.900. The van der Waals surface area contributed by atoms with E-state index in [1.807, 2.05) is 18.9 Å². The van der Waals surface area contributed by atoms with Crippen molar-refractivity contribution in [3.05, 3.63) is 0 Å². The fourth-order valence-electron chi connectivity index (χ4n) is 1.90. The summed E-state index contributed by atoms with van der Waals surface area (Å²) in [5, 5.41) is 0. The van der Waals surface area contributed by atoms with Gasteiger partial charge in [-0.25, -0.2) is 4.79 Å². The average molecular weight is 184 g/mol. The molecule has 0 spiro atoms. The quantitative estimate of drug-likeness (QED) is 0.611. The van der Waals surface area contributed by atoms with Crippen molar-refractivity contribution in [2.24, 2.45) is 0 Å². The Morgan fingerprint density at radius 1 is 1.38 bits per heavy atom. The Hall–Kier alpha value is -0.730. The van der Waals surface area contributed by atoms with Gasteiger partial charge in [0.1, 0.15) is 0 Å². The van der Waals surface area contributed by atoms with Crippen LogP contribution in [0.5, 0.6) is 0 Å². The molecule has 0 bridgehead atoms. The third-order valence-electron chi connectivity index (χ3n) is 2.97. The second-order valence-electron chi connectivity index (χ2n) is 3.98. The van der Waals surface area contributed by atoms with Gasteiger partial charge in [0.25, 0.3) is 0 Å². The van der Waals surface area contributed by atoms with Crippen LogP contribution in [-0.2, 0) is 0 Å². The first-order valence-electron chi connectivity index (χ1n) is 5.11. The van der Waals surface area contributed by atoms with E-state index in [0.29, 0.717) is 12.1 Å². The smallest absolute Gasteiger partial charge is 0.320 e. The Bertz CT molecular complexity index is 183. The minimum atomic E-state index is 0.181. The average Bonchev–Trinajstić information content (AvgIpc) is 2.44. The number of carbonyl (C=O) groups is 1. The van der Waals surface area contributed by atoms with Crippen LogP contribution in [-0.4, -0.2) is 41.5 Å². The summed E-state index contributed by atoms with van der Waals surface area (Å²) < 4.78 is 0. The molecule has 1 heterocycles. The van der Waals surface area contributed by atoms with Crippen molar-refractivity contribution in [3.8, 4) is 0 Å². The van der Waals surface area contributed by atoms with E-state index in [2.05, 4.69) is 13.8 Å². The molecular formula is C10H20N2O. The van der Waals surface area contributed by atoms with E-state index < -0.39 is 0 Å². The molecule has 0 radical (unpaired) electrons. The highest BCUT2D eigenvalue weighted by atomic mass is 16.2. The Morgan fingerprint density at radius 2 is 1.85 bits per heavy atom. The first-order valence-corrected chi connectivity index (χ1v) is 5.11. The van der Waals surface area contributed by atoms with Crippen molar-refractivity contribution < 1.29 is 4.79 Å². The van der Waals surface area contributed by atoms with E-state index in [4.69, 9.17) is 0 Å².